The molecular formula is C13H22N4O2. The van der Waals surface area contributed by atoms with Crippen LogP contribution < -0.4 is 5.32 Å². The fraction of sp³-hybridized carbons (Fsp3) is 0.846. The Hall–Kier alpha value is -1.32. The van der Waals surface area contributed by atoms with Crippen LogP contribution in [0.4, 0.5) is 4.79 Å². The van der Waals surface area contributed by atoms with Gasteiger partial charge in [-0.1, -0.05) is 6.92 Å². The van der Waals surface area contributed by atoms with Gasteiger partial charge in [-0.15, -0.1) is 0 Å². The highest BCUT2D eigenvalue weighted by Gasteiger charge is 2.27. The van der Waals surface area contributed by atoms with Gasteiger partial charge in [0.05, 0.1) is 24.8 Å². The van der Waals surface area contributed by atoms with Gasteiger partial charge in [0.1, 0.15) is 0 Å². The summed E-state index contributed by atoms with van der Waals surface area (Å²) in [7, 11) is 0. The standard InChI is InChI=1S/C13H22N4O2/c1-2-12(9-14)16-4-6-17(7-5-16)13(18)15-11-3-8-19-10-11/h11-12H,2-8,10H2,1H3,(H,15,18). The molecule has 0 aromatic rings. The Bertz CT molecular complexity index is 341. The summed E-state index contributed by atoms with van der Waals surface area (Å²) in [5.74, 6) is 0. The zero-order chi connectivity index (χ0) is 13.7. The number of rotatable bonds is 3. The van der Waals surface area contributed by atoms with Gasteiger partial charge in [-0.25, -0.2) is 4.79 Å². The second-order valence-electron chi connectivity index (χ2n) is 5.09. The van der Waals surface area contributed by atoms with E-state index in [9.17, 15) is 4.79 Å². The van der Waals surface area contributed by atoms with E-state index in [-0.39, 0.29) is 18.1 Å². The molecule has 2 rings (SSSR count). The first-order valence-corrected chi connectivity index (χ1v) is 7.01. The number of nitrogens with one attached hydrogen (secondary N) is 1. The molecule has 0 bridgehead atoms. The van der Waals surface area contributed by atoms with Crippen LogP contribution in [0.1, 0.15) is 19.8 Å². The molecule has 2 aliphatic heterocycles. The second-order valence-corrected chi connectivity index (χ2v) is 5.09. The van der Waals surface area contributed by atoms with Gasteiger partial charge < -0.3 is 15.0 Å². The lowest BCUT2D eigenvalue weighted by atomic mass is 10.2. The lowest BCUT2D eigenvalue weighted by Crippen LogP contribution is -2.55. The number of ether oxygens (including phenoxy) is 1. The summed E-state index contributed by atoms with van der Waals surface area (Å²) in [4.78, 5) is 16.0. The van der Waals surface area contributed by atoms with E-state index in [0.29, 0.717) is 19.7 Å². The molecule has 0 spiro atoms. The van der Waals surface area contributed by atoms with Crippen molar-refractivity contribution in [1.29, 1.82) is 5.26 Å². The van der Waals surface area contributed by atoms with Gasteiger partial charge >= 0.3 is 6.03 Å². The Kier molecular flexibility index (Phi) is 5.00. The Labute approximate surface area is 114 Å². The van der Waals surface area contributed by atoms with Crippen LogP contribution in [0.3, 0.4) is 0 Å². The predicted octanol–water partition coefficient (Wildman–Crippen LogP) is 0.405. The molecule has 0 saturated carbocycles. The van der Waals surface area contributed by atoms with Crippen molar-refractivity contribution in [3.63, 3.8) is 0 Å². The zero-order valence-electron chi connectivity index (χ0n) is 11.5. The minimum atomic E-state index is -0.0200. The normalized spacial score (nSPS) is 25.9. The molecule has 19 heavy (non-hydrogen) atoms. The molecule has 0 aromatic heterocycles. The number of amides is 2. The smallest absolute Gasteiger partial charge is 0.317 e. The third kappa shape index (κ3) is 3.58. The van der Waals surface area contributed by atoms with E-state index in [2.05, 4.69) is 16.3 Å². The number of hydrogen-bond donors (Lipinski definition) is 1. The van der Waals surface area contributed by atoms with Crippen LogP contribution in [0.25, 0.3) is 0 Å². The van der Waals surface area contributed by atoms with E-state index in [1.807, 2.05) is 11.8 Å². The molecule has 2 heterocycles. The van der Waals surface area contributed by atoms with Gasteiger partial charge in [0.15, 0.2) is 0 Å². The Morgan fingerprint density at radius 1 is 1.47 bits per heavy atom. The first-order chi connectivity index (χ1) is 9.24. The largest absolute Gasteiger partial charge is 0.379 e. The van der Waals surface area contributed by atoms with Gasteiger partial charge in [0, 0.05) is 32.8 Å². The summed E-state index contributed by atoms with van der Waals surface area (Å²) in [5, 5.41) is 12.0. The molecule has 2 atom stereocenters. The molecule has 2 saturated heterocycles. The molecule has 0 radical (unpaired) electrons. The van der Waals surface area contributed by atoms with E-state index in [1.165, 1.54) is 0 Å². The molecule has 106 valence electrons. The number of hydrogen-bond acceptors (Lipinski definition) is 4. The van der Waals surface area contributed by atoms with Crippen LogP contribution >= 0.6 is 0 Å². The van der Waals surface area contributed by atoms with E-state index in [1.54, 1.807) is 0 Å². The summed E-state index contributed by atoms with van der Waals surface area (Å²) in [6.45, 7) is 6.32. The maximum Gasteiger partial charge on any atom is 0.317 e. The predicted molar refractivity (Wildman–Crippen MR) is 70.6 cm³/mol. The molecule has 2 aliphatic rings. The number of nitrogens with zero attached hydrogens (tertiary/aromatic N) is 3. The van der Waals surface area contributed by atoms with Gasteiger partial charge in [0.25, 0.3) is 0 Å². The SMILES string of the molecule is CCC(C#N)N1CCN(C(=O)NC2CCOC2)CC1. The Morgan fingerprint density at radius 3 is 2.74 bits per heavy atom. The number of piperazine rings is 1. The highest BCUT2D eigenvalue weighted by Crippen LogP contribution is 2.10. The molecule has 6 heteroatoms. The first kappa shape index (κ1) is 14.1. The molecule has 0 aromatic carbocycles. The van der Waals surface area contributed by atoms with Gasteiger partial charge in [-0.2, -0.15) is 5.26 Å². The minimum absolute atomic E-state index is 0.000145. The number of carbonyl (C=O) groups excluding carboxylic acids is 1. The van der Waals surface area contributed by atoms with Crippen LogP contribution in [0.15, 0.2) is 0 Å². The van der Waals surface area contributed by atoms with Crippen molar-refractivity contribution < 1.29 is 9.53 Å². The summed E-state index contributed by atoms with van der Waals surface area (Å²) in [6, 6.07) is 2.45. The van der Waals surface area contributed by atoms with Crippen molar-refractivity contribution in [3.8, 4) is 6.07 Å². The maximum absolute atomic E-state index is 12.0. The number of nitriles is 1. The highest BCUT2D eigenvalue weighted by molar-refractivity contribution is 5.74. The topological polar surface area (TPSA) is 68.6 Å². The second kappa shape index (κ2) is 6.73. The summed E-state index contributed by atoms with van der Waals surface area (Å²) >= 11 is 0. The summed E-state index contributed by atoms with van der Waals surface area (Å²) in [5.41, 5.74) is 0. The van der Waals surface area contributed by atoms with Crippen LogP contribution in [0.5, 0.6) is 0 Å². The van der Waals surface area contributed by atoms with Gasteiger partial charge in [-0.05, 0) is 12.8 Å². The lowest BCUT2D eigenvalue weighted by molar-refractivity contribution is 0.120. The fourth-order valence-electron chi connectivity index (χ4n) is 2.58. The van der Waals surface area contributed by atoms with Crippen molar-refractivity contribution in [3.05, 3.63) is 0 Å². The lowest BCUT2D eigenvalue weighted by Gasteiger charge is -2.36. The van der Waals surface area contributed by atoms with Crippen molar-refractivity contribution >= 4 is 6.03 Å². The van der Waals surface area contributed by atoms with Crippen molar-refractivity contribution in [1.82, 2.24) is 15.1 Å². The van der Waals surface area contributed by atoms with Crippen molar-refractivity contribution in [2.45, 2.75) is 31.8 Å². The minimum Gasteiger partial charge on any atom is -0.379 e. The van der Waals surface area contributed by atoms with Crippen LogP contribution in [0.2, 0.25) is 0 Å². The molecule has 2 fully saturated rings. The fourth-order valence-corrected chi connectivity index (χ4v) is 2.58. The first-order valence-electron chi connectivity index (χ1n) is 7.01. The molecular weight excluding hydrogens is 244 g/mol. The van der Waals surface area contributed by atoms with Crippen molar-refractivity contribution in [2.75, 3.05) is 39.4 Å². The van der Waals surface area contributed by atoms with Crippen LogP contribution in [-0.4, -0.2) is 67.3 Å². The molecule has 6 nitrogen and oxygen atoms in total. The van der Waals surface area contributed by atoms with E-state index < -0.39 is 0 Å². The Balaban J connectivity index is 1.76. The van der Waals surface area contributed by atoms with E-state index >= 15 is 0 Å². The Morgan fingerprint density at radius 2 is 2.21 bits per heavy atom. The van der Waals surface area contributed by atoms with Gasteiger partial charge in [0.2, 0.25) is 0 Å². The van der Waals surface area contributed by atoms with E-state index in [4.69, 9.17) is 10.00 Å². The third-order valence-corrected chi connectivity index (χ3v) is 3.84. The highest BCUT2D eigenvalue weighted by atomic mass is 16.5. The summed E-state index contributed by atoms with van der Waals surface area (Å²) < 4.78 is 5.25. The number of carbonyl (C=O) groups is 1. The van der Waals surface area contributed by atoms with E-state index in [0.717, 1.165) is 32.5 Å². The van der Waals surface area contributed by atoms with Crippen LogP contribution in [0, 0.1) is 11.3 Å². The monoisotopic (exact) mass is 266 g/mol. The average molecular weight is 266 g/mol. The quantitative estimate of drug-likeness (QED) is 0.803. The molecule has 0 aliphatic carbocycles. The molecule has 1 N–H and O–H groups in total. The van der Waals surface area contributed by atoms with Gasteiger partial charge in [-0.3, -0.25) is 4.90 Å². The summed E-state index contributed by atoms with van der Waals surface area (Å²) in [6.07, 6.45) is 1.74. The molecule has 2 unspecified atom stereocenters. The van der Waals surface area contributed by atoms with Crippen molar-refractivity contribution in [2.24, 2.45) is 0 Å². The maximum atomic E-state index is 12.0. The van der Waals surface area contributed by atoms with Crippen LogP contribution in [-0.2, 0) is 4.74 Å². The number of urea groups is 1. The third-order valence-electron chi connectivity index (χ3n) is 3.84. The average Bonchev–Trinajstić information content (AvgIpc) is 2.94. The zero-order valence-corrected chi connectivity index (χ0v) is 11.5. The molecule has 2 amide bonds.